The first kappa shape index (κ1) is 16.4. The number of hydrogen-bond acceptors (Lipinski definition) is 1. The van der Waals surface area contributed by atoms with E-state index >= 15 is 0 Å². The molecule has 0 amide bonds. The van der Waals surface area contributed by atoms with Gasteiger partial charge in [0.05, 0.1) is 0 Å². The molecule has 1 rings (SSSR count). The van der Waals surface area contributed by atoms with Crippen molar-refractivity contribution >= 4 is 5.96 Å². The van der Waals surface area contributed by atoms with Gasteiger partial charge in [-0.2, -0.15) is 0 Å². The molecule has 0 saturated carbocycles. The Morgan fingerprint density at radius 3 is 2.50 bits per heavy atom. The molecule has 1 aromatic rings. The van der Waals surface area contributed by atoms with Gasteiger partial charge in [-0.15, -0.1) is 0 Å². The molecular formula is C15H23F2N3. The van der Waals surface area contributed by atoms with Crippen LogP contribution in [0.5, 0.6) is 0 Å². The van der Waals surface area contributed by atoms with E-state index in [2.05, 4.69) is 17.2 Å². The highest BCUT2D eigenvalue weighted by Gasteiger charge is 2.00. The molecule has 0 unspecified atom stereocenters. The SMILES string of the molecule is CCCCCCN=C(N)NCCc1cc(F)cc(F)c1. The van der Waals surface area contributed by atoms with Crippen molar-refractivity contribution in [2.24, 2.45) is 10.7 Å². The lowest BCUT2D eigenvalue weighted by molar-refractivity contribution is 0.579. The molecule has 20 heavy (non-hydrogen) atoms. The summed E-state index contributed by atoms with van der Waals surface area (Å²) in [6.07, 6.45) is 5.11. The predicted molar refractivity (Wildman–Crippen MR) is 78.7 cm³/mol. The van der Waals surface area contributed by atoms with Crippen molar-refractivity contribution in [1.82, 2.24) is 5.32 Å². The molecule has 3 N–H and O–H groups in total. The van der Waals surface area contributed by atoms with E-state index in [0.717, 1.165) is 18.9 Å². The summed E-state index contributed by atoms with van der Waals surface area (Å²) in [6, 6.07) is 3.51. The van der Waals surface area contributed by atoms with Gasteiger partial charge in [0, 0.05) is 19.2 Å². The third-order valence-electron chi connectivity index (χ3n) is 2.94. The van der Waals surface area contributed by atoms with Crippen molar-refractivity contribution < 1.29 is 8.78 Å². The quantitative estimate of drug-likeness (QED) is 0.438. The van der Waals surface area contributed by atoms with Crippen LogP contribution in [0.15, 0.2) is 23.2 Å². The topological polar surface area (TPSA) is 50.4 Å². The second-order valence-corrected chi connectivity index (χ2v) is 4.78. The van der Waals surface area contributed by atoms with Gasteiger partial charge in [-0.3, -0.25) is 4.99 Å². The van der Waals surface area contributed by atoms with Crippen LogP contribution in [0.4, 0.5) is 8.78 Å². The predicted octanol–water partition coefficient (Wildman–Crippen LogP) is 2.99. The lowest BCUT2D eigenvalue weighted by Gasteiger charge is -2.06. The van der Waals surface area contributed by atoms with Crippen LogP contribution in [0.3, 0.4) is 0 Å². The average molecular weight is 283 g/mol. The van der Waals surface area contributed by atoms with Crippen LogP contribution >= 0.6 is 0 Å². The fourth-order valence-corrected chi connectivity index (χ4v) is 1.88. The summed E-state index contributed by atoms with van der Waals surface area (Å²) in [5.41, 5.74) is 6.31. The highest BCUT2D eigenvalue weighted by atomic mass is 19.1. The molecule has 3 nitrogen and oxygen atoms in total. The van der Waals surface area contributed by atoms with Crippen LogP contribution < -0.4 is 11.1 Å². The fourth-order valence-electron chi connectivity index (χ4n) is 1.88. The Balaban J connectivity index is 2.23. The van der Waals surface area contributed by atoms with Crippen molar-refractivity contribution in [3.63, 3.8) is 0 Å². The largest absolute Gasteiger partial charge is 0.370 e. The zero-order chi connectivity index (χ0) is 14.8. The van der Waals surface area contributed by atoms with Gasteiger partial charge < -0.3 is 11.1 Å². The van der Waals surface area contributed by atoms with Crippen molar-refractivity contribution in [2.75, 3.05) is 13.1 Å². The van der Waals surface area contributed by atoms with Gasteiger partial charge in [0.25, 0.3) is 0 Å². The fraction of sp³-hybridized carbons (Fsp3) is 0.533. The number of benzene rings is 1. The Hall–Kier alpha value is -1.65. The maximum atomic E-state index is 13.0. The highest BCUT2D eigenvalue weighted by molar-refractivity contribution is 5.77. The number of halogens is 2. The van der Waals surface area contributed by atoms with Gasteiger partial charge in [0.1, 0.15) is 11.6 Å². The first-order valence-corrected chi connectivity index (χ1v) is 7.10. The maximum absolute atomic E-state index is 13.0. The molecule has 0 aliphatic carbocycles. The van der Waals surface area contributed by atoms with E-state index in [9.17, 15) is 8.78 Å². The van der Waals surface area contributed by atoms with Crippen LogP contribution in [0.1, 0.15) is 38.2 Å². The minimum absolute atomic E-state index is 0.387. The average Bonchev–Trinajstić information content (AvgIpc) is 2.37. The zero-order valence-electron chi connectivity index (χ0n) is 12.0. The Labute approximate surface area is 119 Å². The van der Waals surface area contributed by atoms with E-state index in [-0.39, 0.29) is 0 Å². The number of nitrogens with one attached hydrogen (secondary N) is 1. The number of aliphatic imine (C=N–C) groups is 1. The molecule has 0 bridgehead atoms. The lowest BCUT2D eigenvalue weighted by atomic mass is 10.1. The summed E-state index contributed by atoms with van der Waals surface area (Å²) in [6.45, 7) is 3.38. The van der Waals surface area contributed by atoms with Crippen LogP contribution in [0.25, 0.3) is 0 Å². The van der Waals surface area contributed by atoms with Gasteiger partial charge in [-0.25, -0.2) is 8.78 Å². The van der Waals surface area contributed by atoms with Gasteiger partial charge in [-0.05, 0) is 30.5 Å². The van der Waals surface area contributed by atoms with Gasteiger partial charge in [-0.1, -0.05) is 26.2 Å². The molecule has 1 aromatic carbocycles. The molecule has 0 heterocycles. The molecule has 0 fully saturated rings. The van der Waals surface area contributed by atoms with Gasteiger partial charge in [0.2, 0.25) is 0 Å². The summed E-state index contributed by atoms with van der Waals surface area (Å²) in [5.74, 6) is -0.728. The second kappa shape index (κ2) is 9.28. The molecule has 0 aliphatic rings. The number of hydrogen-bond donors (Lipinski definition) is 2. The number of rotatable bonds is 8. The van der Waals surface area contributed by atoms with E-state index < -0.39 is 11.6 Å². The third kappa shape index (κ3) is 7.07. The lowest BCUT2D eigenvalue weighted by Crippen LogP contribution is -2.33. The van der Waals surface area contributed by atoms with E-state index in [1.54, 1.807) is 0 Å². The Morgan fingerprint density at radius 2 is 1.85 bits per heavy atom. The summed E-state index contributed by atoms with van der Waals surface area (Å²) < 4.78 is 25.9. The molecule has 5 heteroatoms. The van der Waals surface area contributed by atoms with Crippen molar-refractivity contribution in [3.05, 3.63) is 35.4 Å². The number of nitrogens with two attached hydrogens (primary N) is 1. The minimum atomic E-state index is -0.558. The number of unbranched alkanes of at least 4 members (excludes halogenated alkanes) is 3. The molecule has 0 spiro atoms. The van der Waals surface area contributed by atoms with Crippen LogP contribution in [-0.4, -0.2) is 19.0 Å². The maximum Gasteiger partial charge on any atom is 0.188 e. The molecule has 0 aliphatic heterocycles. The van der Waals surface area contributed by atoms with E-state index in [1.807, 2.05) is 0 Å². The molecular weight excluding hydrogens is 260 g/mol. The standard InChI is InChI=1S/C15H23F2N3/c1-2-3-4-5-7-19-15(18)20-8-6-12-9-13(16)11-14(17)10-12/h9-11H,2-8H2,1H3,(H3,18,19,20). The van der Waals surface area contributed by atoms with E-state index in [1.165, 1.54) is 25.0 Å². The highest BCUT2D eigenvalue weighted by Crippen LogP contribution is 2.08. The summed E-state index contributed by atoms with van der Waals surface area (Å²) >= 11 is 0. The Bertz CT molecular complexity index is 413. The molecule has 0 aromatic heterocycles. The van der Waals surface area contributed by atoms with Crippen molar-refractivity contribution in [3.8, 4) is 0 Å². The first-order chi connectivity index (χ1) is 9.61. The van der Waals surface area contributed by atoms with E-state index in [0.29, 0.717) is 31.0 Å². The van der Waals surface area contributed by atoms with Crippen molar-refractivity contribution in [1.29, 1.82) is 0 Å². The smallest absolute Gasteiger partial charge is 0.188 e. The first-order valence-electron chi connectivity index (χ1n) is 7.10. The van der Waals surface area contributed by atoms with Gasteiger partial charge >= 0.3 is 0 Å². The summed E-state index contributed by atoms with van der Waals surface area (Å²) in [4.78, 5) is 4.20. The monoisotopic (exact) mass is 283 g/mol. The van der Waals surface area contributed by atoms with Gasteiger partial charge in [0.15, 0.2) is 5.96 Å². The van der Waals surface area contributed by atoms with E-state index in [4.69, 9.17) is 5.73 Å². The molecule has 0 saturated heterocycles. The number of nitrogens with zero attached hydrogens (tertiary/aromatic N) is 1. The normalized spacial score (nSPS) is 11.7. The summed E-state index contributed by atoms with van der Waals surface area (Å²) in [7, 11) is 0. The van der Waals surface area contributed by atoms with Crippen LogP contribution in [-0.2, 0) is 6.42 Å². The number of guanidine groups is 1. The zero-order valence-corrected chi connectivity index (χ0v) is 12.0. The molecule has 0 radical (unpaired) electrons. The third-order valence-corrected chi connectivity index (χ3v) is 2.94. The second-order valence-electron chi connectivity index (χ2n) is 4.78. The Morgan fingerprint density at radius 1 is 1.15 bits per heavy atom. The molecule has 112 valence electrons. The van der Waals surface area contributed by atoms with Crippen LogP contribution in [0.2, 0.25) is 0 Å². The van der Waals surface area contributed by atoms with Crippen molar-refractivity contribution in [2.45, 2.75) is 39.0 Å². The molecule has 0 atom stereocenters. The minimum Gasteiger partial charge on any atom is -0.370 e. The Kier molecular flexibility index (Phi) is 7.62. The van der Waals surface area contributed by atoms with Crippen LogP contribution in [0, 0.1) is 11.6 Å². The summed E-state index contributed by atoms with van der Waals surface area (Å²) in [5, 5.41) is 2.94.